The van der Waals surface area contributed by atoms with Crippen molar-refractivity contribution in [3.63, 3.8) is 0 Å². The Morgan fingerprint density at radius 3 is 2.12 bits per heavy atom. The molecule has 0 aromatic rings. The van der Waals surface area contributed by atoms with E-state index in [2.05, 4.69) is 18.9 Å². The average molecular weight is 360 g/mol. The summed E-state index contributed by atoms with van der Waals surface area (Å²) in [6, 6.07) is -1.50. The molecule has 0 amide bonds. The molecule has 0 aromatic carbocycles. The van der Waals surface area contributed by atoms with Gasteiger partial charge in [-0.15, -0.1) is 0 Å². The van der Waals surface area contributed by atoms with Crippen LogP contribution < -0.4 is 0 Å². The Balaban J connectivity index is 0. The van der Waals surface area contributed by atoms with Crippen molar-refractivity contribution in [2.24, 2.45) is 9.98 Å². The molecule has 24 heavy (non-hydrogen) atoms. The molecule has 132 valence electrons. The normalized spacial score (nSPS) is 13.3. The van der Waals surface area contributed by atoms with E-state index in [1.165, 1.54) is 0 Å². The molecule has 0 fully saturated rings. The SMILES string of the molecule is CCC(C=O)N=CB=O.COC(=O)C(COS(C)(=O)=O)N=CB=O. The van der Waals surface area contributed by atoms with Crippen LogP contribution in [0.1, 0.15) is 13.3 Å². The second-order valence-electron chi connectivity index (χ2n) is 4.01. The van der Waals surface area contributed by atoms with E-state index < -0.39 is 28.7 Å². The van der Waals surface area contributed by atoms with Gasteiger partial charge in [0.15, 0.2) is 0 Å². The maximum absolute atomic E-state index is 11.0. The van der Waals surface area contributed by atoms with Crippen LogP contribution in [-0.4, -0.2) is 79.3 Å². The molecule has 0 saturated carbocycles. The summed E-state index contributed by atoms with van der Waals surface area (Å²) in [6.45, 7) is 1.34. The molecule has 13 heteroatoms. The van der Waals surface area contributed by atoms with Crippen LogP contribution in [-0.2, 0) is 38.0 Å². The van der Waals surface area contributed by atoms with Gasteiger partial charge in [-0.3, -0.25) is 0 Å². The first-order chi connectivity index (χ1) is 11.2. The predicted octanol–water partition coefficient (Wildman–Crippen LogP) is -1.38. The fraction of sp³-hybridized carbons (Fsp3) is 0.636. The number of carbonyl (C=O) groups is 2. The Morgan fingerprint density at radius 1 is 1.21 bits per heavy atom. The van der Waals surface area contributed by atoms with E-state index in [0.717, 1.165) is 31.9 Å². The summed E-state index contributed by atoms with van der Waals surface area (Å²) in [5.74, 6) is -0.781. The first kappa shape index (κ1) is 24.4. The Hall–Kier alpha value is -1.88. The van der Waals surface area contributed by atoms with Gasteiger partial charge in [0.1, 0.15) is 0 Å². The summed E-state index contributed by atoms with van der Waals surface area (Å²) in [7, 11) is -1.62. The quantitative estimate of drug-likeness (QED) is 0.152. The molecule has 0 rings (SSSR count). The van der Waals surface area contributed by atoms with Crippen molar-refractivity contribution in [1.29, 1.82) is 0 Å². The third kappa shape index (κ3) is 15.0. The van der Waals surface area contributed by atoms with E-state index in [0.29, 0.717) is 20.7 Å². The van der Waals surface area contributed by atoms with Crippen molar-refractivity contribution in [2.45, 2.75) is 25.4 Å². The van der Waals surface area contributed by atoms with Gasteiger partial charge in [-0.2, -0.15) is 0 Å². The molecule has 2 unspecified atom stereocenters. The third-order valence-corrected chi connectivity index (χ3v) is 2.72. The summed E-state index contributed by atoms with van der Waals surface area (Å²) < 4.78 is 49.6. The minimum atomic E-state index is -3.66. The number of aldehydes is 1. The fourth-order valence-corrected chi connectivity index (χ4v) is 1.39. The number of carbonyl (C=O) groups excluding carboxylic acids is 2. The number of aliphatic imine (C=N–C) groups is 2. The Bertz CT molecular complexity index is 564. The number of hydrogen-bond acceptors (Lipinski definition) is 10. The van der Waals surface area contributed by atoms with Gasteiger partial charge in [-0.1, -0.05) is 0 Å². The van der Waals surface area contributed by atoms with E-state index in [1.54, 1.807) is 0 Å². The number of hydrogen-bond donors (Lipinski definition) is 0. The maximum atomic E-state index is 11.0. The molecule has 0 radical (unpaired) electrons. The zero-order chi connectivity index (χ0) is 19.0. The van der Waals surface area contributed by atoms with Crippen molar-refractivity contribution in [3.05, 3.63) is 0 Å². The number of nitrogens with zero attached hydrogens (tertiary/aromatic N) is 2. The van der Waals surface area contributed by atoms with Gasteiger partial charge in [0.05, 0.1) is 0 Å². The van der Waals surface area contributed by atoms with Crippen molar-refractivity contribution < 1.29 is 36.3 Å². The standard InChI is InChI=1S/C6H10BNO6S.C5H8BNO2/c1-13-6(9)5(8-4-7-10)3-14-15(2,11)12;1-2-5(3-8)7-4-6-9/h4-5H,3H2,1-2H3;3-5H,2H2,1H3. The van der Waals surface area contributed by atoms with Crippen LogP contribution in [0.3, 0.4) is 0 Å². The van der Waals surface area contributed by atoms with Gasteiger partial charge in [0, 0.05) is 0 Å². The van der Waals surface area contributed by atoms with E-state index in [1.807, 2.05) is 6.92 Å². The van der Waals surface area contributed by atoms with Gasteiger partial charge in [-0.25, -0.2) is 0 Å². The summed E-state index contributed by atoms with van der Waals surface area (Å²) in [6.07, 6.45) is 4.13. The predicted molar refractivity (Wildman–Crippen MR) is 86.6 cm³/mol. The average Bonchev–Trinajstić information content (AvgIpc) is 2.55. The second kappa shape index (κ2) is 14.7. The van der Waals surface area contributed by atoms with Crippen LogP contribution in [0.25, 0.3) is 0 Å². The van der Waals surface area contributed by atoms with Crippen molar-refractivity contribution in [3.8, 4) is 0 Å². The van der Waals surface area contributed by atoms with E-state index in [4.69, 9.17) is 0 Å². The van der Waals surface area contributed by atoms with Crippen molar-refractivity contribution in [1.82, 2.24) is 0 Å². The molecule has 0 spiro atoms. The molecule has 0 saturated heterocycles. The molecule has 0 bridgehead atoms. The van der Waals surface area contributed by atoms with Crippen LogP contribution in [0.15, 0.2) is 9.98 Å². The summed E-state index contributed by atoms with van der Waals surface area (Å²) >= 11 is 0. The Morgan fingerprint density at radius 2 is 1.75 bits per heavy atom. The monoisotopic (exact) mass is 360 g/mol. The van der Waals surface area contributed by atoms with E-state index in [-0.39, 0.29) is 6.04 Å². The molecule has 0 N–H and O–H groups in total. The number of rotatable bonds is 10. The molecular formula is C11H18B2N2O8S. The minimum absolute atomic E-state index is 0.338. The van der Waals surface area contributed by atoms with Gasteiger partial charge in [-0.05, 0) is 0 Å². The van der Waals surface area contributed by atoms with Gasteiger partial charge in [0.25, 0.3) is 0 Å². The summed E-state index contributed by atoms with van der Waals surface area (Å²) in [5, 5.41) is 0. The molecule has 0 aliphatic rings. The zero-order valence-corrected chi connectivity index (χ0v) is 14.3. The van der Waals surface area contributed by atoms with Crippen molar-refractivity contribution in [2.75, 3.05) is 20.0 Å². The van der Waals surface area contributed by atoms with Crippen LogP contribution >= 0.6 is 0 Å². The molecule has 0 aromatic heterocycles. The number of ether oxygens (including phenoxy) is 1. The topological polar surface area (TPSA) is 146 Å². The number of methoxy groups -OCH3 is 1. The Labute approximate surface area is 141 Å². The first-order valence-electron chi connectivity index (χ1n) is 6.57. The van der Waals surface area contributed by atoms with E-state index in [9.17, 15) is 27.4 Å². The van der Waals surface area contributed by atoms with Crippen molar-refractivity contribution >= 4 is 48.9 Å². The van der Waals surface area contributed by atoms with E-state index >= 15 is 0 Å². The molecule has 10 nitrogen and oxygen atoms in total. The molecule has 0 aliphatic heterocycles. The summed E-state index contributed by atoms with van der Waals surface area (Å²) in [5.41, 5.74) is 0. The van der Waals surface area contributed by atoms with Crippen LogP contribution in [0, 0.1) is 0 Å². The summed E-state index contributed by atoms with van der Waals surface area (Å²) in [4.78, 5) is 28.1. The molecule has 0 heterocycles. The van der Waals surface area contributed by atoms with Gasteiger partial charge >= 0.3 is 141 Å². The molecule has 0 aliphatic carbocycles. The van der Waals surface area contributed by atoms with Gasteiger partial charge in [0.2, 0.25) is 0 Å². The fourth-order valence-electron chi connectivity index (χ4n) is 1.02. The van der Waals surface area contributed by atoms with Gasteiger partial charge < -0.3 is 0 Å². The Kier molecular flexibility index (Phi) is 14.9. The first-order valence-corrected chi connectivity index (χ1v) is 8.38. The second-order valence-corrected chi connectivity index (χ2v) is 5.65. The van der Waals surface area contributed by atoms with Crippen LogP contribution in [0.5, 0.6) is 0 Å². The number of esters is 1. The molecular weight excluding hydrogens is 342 g/mol. The van der Waals surface area contributed by atoms with Crippen LogP contribution in [0.4, 0.5) is 0 Å². The molecule has 2 atom stereocenters. The zero-order valence-electron chi connectivity index (χ0n) is 13.5. The van der Waals surface area contributed by atoms with Crippen LogP contribution in [0.2, 0.25) is 0 Å². The third-order valence-electron chi connectivity index (χ3n) is 2.15.